The number of hydrogen-bond donors (Lipinski definition) is 0. The van der Waals surface area contributed by atoms with Crippen molar-refractivity contribution in [3.63, 3.8) is 0 Å². The minimum Gasteiger partial charge on any atom is -0.273 e. The Morgan fingerprint density at radius 3 is 2.32 bits per heavy atom. The van der Waals surface area contributed by atoms with Gasteiger partial charge in [0.2, 0.25) is 5.91 Å². The highest BCUT2D eigenvalue weighted by molar-refractivity contribution is 5.96. The molecular weight excluding hydrogens is 310 g/mol. The normalized spacial score (nSPS) is 10.8. The van der Waals surface area contributed by atoms with Crippen LogP contribution in [0.5, 0.6) is 0 Å². The quantitative estimate of drug-likeness (QED) is 0.555. The molecule has 1 amide bonds. The minimum absolute atomic E-state index is 0.0577. The summed E-state index contributed by atoms with van der Waals surface area (Å²) in [5.41, 5.74) is 3.75. The highest BCUT2D eigenvalue weighted by Gasteiger charge is 2.20. The van der Waals surface area contributed by atoms with Crippen LogP contribution in [0.3, 0.4) is 0 Å². The van der Waals surface area contributed by atoms with Crippen molar-refractivity contribution in [2.75, 3.05) is 5.01 Å². The van der Waals surface area contributed by atoms with E-state index in [1.807, 2.05) is 77.6 Å². The fraction of sp³-hybridized carbons (Fsp3) is 0.0476. The van der Waals surface area contributed by atoms with Gasteiger partial charge in [0.25, 0.3) is 0 Å². The lowest BCUT2D eigenvalue weighted by Gasteiger charge is -2.26. The fourth-order valence-corrected chi connectivity index (χ4v) is 3.08. The molecule has 0 saturated heterocycles. The first-order valence-corrected chi connectivity index (χ1v) is 8.12. The summed E-state index contributed by atoms with van der Waals surface area (Å²) in [5, 5.41) is 2.69. The molecule has 0 spiro atoms. The summed E-state index contributed by atoms with van der Waals surface area (Å²) in [6, 6.07) is 23.7. The standard InChI is InChI=1S/C21H17N3O/c1-16(25)23(19-10-6-3-7-11-19)24-20-12-13-22-15-18(20)14-21(24)17-8-4-2-5-9-17/h2-15H,1H3. The third-order valence-corrected chi connectivity index (χ3v) is 4.15. The smallest absolute Gasteiger partial charge is 0.243 e. The van der Waals surface area contributed by atoms with Crippen LogP contribution < -0.4 is 5.01 Å². The number of pyridine rings is 1. The lowest BCUT2D eigenvalue weighted by Crippen LogP contribution is -2.34. The molecule has 0 saturated carbocycles. The van der Waals surface area contributed by atoms with Gasteiger partial charge in [0, 0.05) is 30.3 Å². The molecule has 0 aliphatic carbocycles. The summed E-state index contributed by atoms with van der Waals surface area (Å²) in [4.78, 5) is 16.8. The maximum atomic E-state index is 12.6. The molecule has 0 bridgehead atoms. The van der Waals surface area contributed by atoms with Crippen LogP contribution in [0.25, 0.3) is 22.2 Å². The first kappa shape index (κ1) is 15.1. The number of amides is 1. The largest absolute Gasteiger partial charge is 0.273 e. The molecule has 0 aliphatic heterocycles. The lowest BCUT2D eigenvalue weighted by molar-refractivity contribution is -0.117. The van der Waals surface area contributed by atoms with Crippen LogP contribution in [0.4, 0.5) is 5.69 Å². The first-order chi connectivity index (χ1) is 12.3. The van der Waals surface area contributed by atoms with E-state index in [0.717, 1.165) is 27.8 Å². The maximum Gasteiger partial charge on any atom is 0.243 e. The number of fused-ring (bicyclic) bond motifs is 1. The van der Waals surface area contributed by atoms with Crippen LogP contribution in [-0.2, 0) is 4.79 Å². The summed E-state index contributed by atoms with van der Waals surface area (Å²) in [6.07, 6.45) is 3.57. The van der Waals surface area contributed by atoms with Crippen molar-refractivity contribution in [2.24, 2.45) is 0 Å². The fourth-order valence-electron chi connectivity index (χ4n) is 3.08. The average molecular weight is 327 g/mol. The van der Waals surface area contributed by atoms with E-state index < -0.39 is 0 Å². The molecule has 122 valence electrons. The Bertz CT molecular complexity index is 1020. The van der Waals surface area contributed by atoms with Crippen LogP contribution in [0.15, 0.2) is 85.2 Å². The Labute approximate surface area is 145 Å². The van der Waals surface area contributed by atoms with E-state index in [1.165, 1.54) is 0 Å². The number of rotatable bonds is 3. The molecule has 2 aromatic carbocycles. The highest BCUT2D eigenvalue weighted by Crippen LogP contribution is 2.30. The third-order valence-electron chi connectivity index (χ3n) is 4.15. The highest BCUT2D eigenvalue weighted by atomic mass is 16.2. The molecule has 0 radical (unpaired) electrons. The molecule has 4 heteroatoms. The molecule has 4 rings (SSSR count). The van der Waals surface area contributed by atoms with Crippen molar-refractivity contribution in [1.82, 2.24) is 9.66 Å². The zero-order chi connectivity index (χ0) is 17.2. The van der Waals surface area contributed by atoms with Gasteiger partial charge in [0.1, 0.15) is 0 Å². The molecule has 25 heavy (non-hydrogen) atoms. The van der Waals surface area contributed by atoms with Crippen molar-refractivity contribution in [3.8, 4) is 11.3 Å². The van der Waals surface area contributed by atoms with Gasteiger partial charge in [0.15, 0.2) is 0 Å². The topological polar surface area (TPSA) is 38.1 Å². The van der Waals surface area contributed by atoms with Gasteiger partial charge in [-0.2, -0.15) is 0 Å². The molecule has 2 heterocycles. The second kappa shape index (κ2) is 6.24. The van der Waals surface area contributed by atoms with E-state index in [-0.39, 0.29) is 5.91 Å². The van der Waals surface area contributed by atoms with E-state index in [4.69, 9.17) is 0 Å². The van der Waals surface area contributed by atoms with Crippen LogP contribution >= 0.6 is 0 Å². The molecule has 4 nitrogen and oxygen atoms in total. The van der Waals surface area contributed by atoms with Crippen molar-refractivity contribution < 1.29 is 4.79 Å². The monoisotopic (exact) mass is 327 g/mol. The van der Waals surface area contributed by atoms with Crippen molar-refractivity contribution in [2.45, 2.75) is 6.92 Å². The summed E-state index contributed by atoms with van der Waals surface area (Å²) >= 11 is 0. The van der Waals surface area contributed by atoms with Gasteiger partial charge in [-0.05, 0) is 24.3 Å². The Balaban J connectivity index is 2.03. The van der Waals surface area contributed by atoms with Gasteiger partial charge in [0.05, 0.1) is 16.9 Å². The summed E-state index contributed by atoms with van der Waals surface area (Å²) in [6.45, 7) is 1.58. The van der Waals surface area contributed by atoms with Gasteiger partial charge in [-0.3, -0.25) is 9.78 Å². The van der Waals surface area contributed by atoms with Crippen molar-refractivity contribution in [3.05, 3.63) is 85.2 Å². The zero-order valence-electron chi connectivity index (χ0n) is 13.8. The zero-order valence-corrected chi connectivity index (χ0v) is 13.8. The van der Waals surface area contributed by atoms with Crippen LogP contribution in [0, 0.1) is 0 Å². The first-order valence-electron chi connectivity index (χ1n) is 8.12. The number of anilines is 1. The SMILES string of the molecule is CC(=O)N(c1ccccc1)n1c(-c2ccccc2)cc2cnccc21. The Morgan fingerprint density at radius 1 is 0.960 bits per heavy atom. The summed E-state index contributed by atoms with van der Waals surface area (Å²) in [7, 11) is 0. The van der Waals surface area contributed by atoms with Crippen LogP contribution in [0.2, 0.25) is 0 Å². The number of nitrogens with zero attached hydrogens (tertiary/aromatic N) is 3. The maximum absolute atomic E-state index is 12.6. The molecule has 0 aliphatic rings. The summed E-state index contributed by atoms with van der Waals surface area (Å²) < 4.78 is 1.96. The van der Waals surface area contributed by atoms with Gasteiger partial charge in [-0.1, -0.05) is 48.5 Å². The number of para-hydroxylation sites is 1. The number of benzene rings is 2. The molecular formula is C21H17N3O. The van der Waals surface area contributed by atoms with Gasteiger partial charge >= 0.3 is 0 Å². The number of hydrogen-bond acceptors (Lipinski definition) is 2. The van der Waals surface area contributed by atoms with E-state index in [9.17, 15) is 4.79 Å². The molecule has 0 unspecified atom stereocenters. The Kier molecular flexibility index (Phi) is 3.78. The molecule has 0 N–H and O–H groups in total. The van der Waals surface area contributed by atoms with Gasteiger partial charge in [-0.15, -0.1) is 0 Å². The molecule has 0 atom stereocenters. The van der Waals surface area contributed by atoms with Crippen molar-refractivity contribution in [1.29, 1.82) is 0 Å². The van der Waals surface area contributed by atoms with E-state index >= 15 is 0 Å². The third kappa shape index (κ3) is 2.68. The summed E-state index contributed by atoms with van der Waals surface area (Å²) in [5.74, 6) is -0.0577. The predicted molar refractivity (Wildman–Crippen MR) is 100 cm³/mol. The Hall–Kier alpha value is -3.40. The van der Waals surface area contributed by atoms with Gasteiger partial charge in [-0.25, -0.2) is 9.69 Å². The van der Waals surface area contributed by atoms with Crippen molar-refractivity contribution >= 4 is 22.5 Å². The van der Waals surface area contributed by atoms with E-state index in [0.29, 0.717) is 0 Å². The number of carbonyl (C=O) groups is 1. The molecule has 2 aromatic heterocycles. The van der Waals surface area contributed by atoms with Crippen LogP contribution in [0.1, 0.15) is 6.92 Å². The minimum atomic E-state index is -0.0577. The van der Waals surface area contributed by atoms with Crippen LogP contribution in [-0.4, -0.2) is 15.6 Å². The average Bonchev–Trinajstić information content (AvgIpc) is 3.03. The molecule has 4 aromatic rings. The van der Waals surface area contributed by atoms with E-state index in [2.05, 4.69) is 11.1 Å². The lowest BCUT2D eigenvalue weighted by atomic mass is 10.1. The second-order valence-electron chi connectivity index (χ2n) is 5.81. The molecule has 0 fully saturated rings. The predicted octanol–water partition coefficient (Wildman–Crippen LogP) is 4.52. The second-order valence-corrected chi connectivity index (χ2v) is 5.81. The van der Waals surface area contributed by atoms with Gasteiger partial charge < -0.3 is 0 Å². The number of carbonyl (C=O) groups excluding carboxylic acids is 1. The number of aromatic nitrogens is 2. The van der Waals surface area contributed by atoms with E-state index in [1.54, 1.807) is 18.1 Å². The Morgan fingerprint density at radius 2 is 1.64 bits per heavy atom.